The minimum absolute atomic E-state index is 0.894. The molecule has 0 aliphatic rings. The third-order valence-corrected chi connectivity index (χ3v) is 11.1. The van der Waals surface area contributed by atoms with Crippen molar-refractivity contribution in [3.05, 3.63) is 194 Å². The van der Waals surface area contributed by atoms with Crippen molar-refractivity contribution in [1.29, 1.82) is 0 Å². The van der Waals surface area contributed by atoms with Gasteiger partial charge in [0.05, 0.1) is 0 Å². The molecule has 0 atom stereocenters. The molecule has 11 rings (SSSR count). The number of benzene rings is 10. The summed E-state index contributed by atoms with van der Waals surface area (Å²) in [6.45, 7) is 0. The summed E-state index contributed by atoms with van der Waals surface area (Å²) < 4.78 is 6.94. The Labute approximate surface area is 307 Å². The molecule has 0 amide bonds. The highest BCUT2D eigenvalue weighted by atomic mass is 16.3. The Balaban J connectivity index is 1.23. The maximum absolute atomic E-state index is 6.94. The van der Waals surface area contributed by atoms with Crippen LogP contribution in [0.4, 0.5) is 0 Å². The zero-order chi connectivity index (χ0) is 34.9. The second-order valence-corrected chi connectivity index (χ2v) is 13.9. The molecule has 0 radical (unpaired) electrons. The Morgan fingerprint density at radius 3 is 1.53 bits per heavy atom. The number of hydrogen-bond acceptors (Lipinski definition) is 1. The first-order valence-electron chi connectivity index (χ1n) is 18.3. The van der Waals surface area contributed by atoms with E-state index in [2.05, 4.69) is 194 Å². The van der Waals surface area contributed by atoms with E-state index in [1.807, 2.05) is 0 Å². The zero-order valence-electron chi connectivity index (χ0n) is 28.9. The summed E-state index contributed by atoms with van der Waals surface area (Å²) in [6.07, 6.45) is 0. The molecule has 0 aliphatic heterocycles. The van der Waals surface area contributed by atoms with E-state index in [-0.39, 0.29) is 0 Å². The fourth-order valence-electron chi connectivity index (χ4n) is 8.73. The fourth-order valence-corrected chi connectivity index (χ4v) is 8.73. The average molecular weight is 673 g/mol. The highest BCUT2D eigenvalue weighted by Gasteiger charge is 2.23. The molecule has 11 aromatic rings. The Morgan fingerprint density at radius 2 is 0.792 bits per heavy atom. The predicted octanol–water partition coefficient (Wildman–Crippen LogP) is 14.9. The van der Waals surface area contributed by atoms with E-state index in [1.165, 1.54) is 82.0 Å². The molecule has 0 unspecified atom stereocenters. The summed E-state index contributed by atoms with van der Waals surface area (Å²) in [7, 11) is 0. The van der Waals surface area contributed by atoms with Gasteiger partial charge in [-0.1, -0.05) is 176 Å². The molecular formula is C52H32O. The smallest absolute Gasteiger partial charge is 0.143 e. The van der Waals surface area contributed by atoms with Crippen LogP contribution in [0, 0.1) is 0 Å². The number of furan rings is 1. The predicted molar refractivity (Wildman–Crippen MR) is 225 cm³/mol. The van der Waals surface area contributed by atoms with Crippen molar-refractivity contribution in [3.63, 3.8) is 0 Å². The fraction of sp³-hybridized carbons (Fsp3) is 0. The lowest BCUT2D eigenvalue weighted by Gasteiger charge is -2.20. The van der Waals surface area contributed by atoms with E-state index < -0.39 is 0 Å². The molecular weight excluding hydrogens is 641 g/mol. The largest absolute Gasteiger partial charge is 0.455 e. The first-order chi connectivity index (χ1) is 26.3. The Hall–Kier alpha value is -6.96. The summed E-state index contributed by atoms with van der Waals surface area (Å²) in [6, 6.07) is 70.4. The molecule has 0 N–H and O–H groups in total. The van der Waals surface area contributed by atoms with Crippen LogP contribution in [0.15, 0.2) is 199 Å². The first-order valence-corrected chi connectivity index (χ1v) is 18.3. The van der Waals surface area contributed by atoms with Crippen molar-refractivity contribution in [1.82, 2.24) is 0 Å². The van der Waals surface area contributed by atoms with Crippen molar-refractivity contribution >= 4 is 65.0 Å². The van der Waals surface area contributed by atoms with E-state index in [1.54, 1.807) is 0 Å². The van der Waals surface area contributed by atoms with Gasteiger partial charge < -0.3 is 4.42 Å². The van der Waals surface area contributed by atoms with Crippen molar-refractivity contribution in [3.8, 4) is 44.5 Å². The monoisotopic (exact) mass is 672 g/mol. The molecule has 0 spiro atoms. The molecule has 0 saturated carbocycles. The maximum Gasteiger partial charge on any atom is 0.143 e. The van der Waals surface area contributed by atoms with Crippen molar-refractivity contribution in [2.75, 3.05) is 0 Å². The standard InChI is InChI=1S/C52H32O/c1-2-16-35-32-36(29-28-33(35)14-1)38-19-5-6-20-40(38)49-41-21-7-9-23-43(41)50(44-24-10-8-22-42(44)49)47-31-30-45(39-26-13-17-34-15-3-4-18-37(34)39)51-46-25-11-12-27-48(46)53-52(47)51/h1-32H. The van der Waals surface area contributed by atoms with Gasteiger partial charge in [0.15, 0.2) is 0 Å². The van der Waals surface area contributed by atoms with Gasteiger partial charge in [-0.15, -0.1) is 0 Å². The summed E-state index contributed by atoms with van der Waals surface area (Å²) in [4.78, 5) is 0. The van der Waals surface area contributed by atoms with Crippen molar-refractivity contribution in [2.24, 2.45) is 0 Å². The molecule has 0 aliphatic carbocycles. The Morgan fingerprint density at radius 1 is 0.283 bits per heavy atom. The lowest BCUT2D eigenvalue weighted by molar-refractivity contribution is 0.670. The summed E-state index contributed by atoms with van der Waals surface area (Å²) in [5.74, 6) is 0. The Bertz CT molecular complexity index is 3170. The van der Waals surface area contributed by atoms with Crippen molar-refractivity contribution < 1.29 is 4.42 Å². The number of rotatable bonds is 4. The van der Waals surface area contributed by atoms with E-state index in [0.717, 1.165) is 27.5 Å². The van der Waals surface area contributed by atoms with Gasteiger partial charge in [-0.2, -0.15) is 0 Å². The molecule has 246 valence electrons. The first kappa shape index (κ1) is 29.7. The molecule has 0 bridgehead atoms. The summed E-state index contributed by atoms with van der Waals surface area (Å²) in [5.41, 5.74) is 11.4. The van der Waals surface area contributed by atoms with Gasteiger partial charge in [0.1, 0.15) is 11.2 Å². The number of fused-ring (bicyclic) bond motifs is 7. The van der Waals surface area contributed by atoms with Gasteiger partial charge in [0.2, 0.25) is 0 Å². The number of hydrogen-bond donors (Lipinski definition) is 0. The highest BCUT2D eigenvalue weighted by molar-refractivity contribution is 6.26. The average Bonchev–Trinajstić information content (AvgIpc) is 3.62. The van der Waals surface area contributed by atoms with E-state index in [0.29, 0.717) is 0 Å². The van der Waals surface area contributed by atoms with Crippen LogP contribution in [-0.4, -0.2) is 0 Å². The van der Waals surface area contributed by atoms with Crippen LogP contribution in [0.1, 0.15) is 0 Å². The molecule has 1 nitrogen and oxygen atoms in total. The van der Waals surface area contributed by atoms with Crippen LogP contribution in [0.3, 0.4) is 0 Å². The normalized spacial score (nSPS) is 11.8. The Kier molecular flexibility index (Phi) is 6.62. The lowest BCUT2D eigenvalue weighted by Crippen LogP contribution is -1.93. The summed E-state index contributed by atoms with van der Waals surface area (Å²) >= 11 is 0. The molecule has 1 heterocycles. The van der Waals surface area contributed by atoms with Crippen LogP contribution in [0.2, 0.25) is 0 Å². The van der Waals surface area contributed by atoms with Crippen LogP contribution >= 0.6 is 0 Å². The quantitative estimate of drug-likeness (QED) is 0.170. The minimum atomic E-state index is 0.894. The molecule has 0 saturated heterocycles. The van der Waals surface area contributed by atoms with Crippen molar-refractivity contribution in [2.45, 2.75) is 0 Å². The minimum Gasteiger partial charge on any atom is -0.455 e. The van der Waals surface area contributed by atoms with Gasteiger partial charge in [-0.25, -0.2) is 0 Å². The third kappa shape index (κ3) is 4.58. The molecule has 53 heavy (non-hydrogen) atoms. The van der Waals surface area contributed by atoms with Gasteiger partial charge in [0.25, 0.3) is 0 Å². The molecule has 1 aromatic heterocycles. The van der Waals surface area contributed by atoms with Gasteiger partial charge in [0, 0.05) is 21.9 Å². The highest BCUT2D eigenvalue weighted by Crippen LogP contribution is 2.50. The molecule has 0 fully saturated rings. The van der Waals surface area contributed by atoms with E-state index in [4.69, 9.17) is 4.42 Å². The third-order valence-electron chi connectivity index (χ3n) is 11.1. The SMILES string of the molecule is c1ccc(-c2c3ccccc3c(-c3ccc(-c4cccc5ccccc45)c4c3oc3ccccc34)c3ccccc23)c(-c2ccc3ccccc3c2)c1. The van der Waals surface area contributed by atoms with Crippen LogP contribution in [0.5, 0.6) is 0 Å². The second-order valence-electron chi connectivity index (χ2n) is 13.9. The second kappa shape index (κ2) is 11.8. The molecule has 1 heteroatoms. The zero-order valence-corrected chi connectivity index (χ0v) is 28.9. The van der Waals surface area contributed by atoms with Gasteiger partial charge >= 0.3 is 0 Å². The summed E-state index contributed by atoms with van der Waals surface area (Å²) in [5, 5.41) is 12.1. The maximum atomic E-state index is 6.94. The molecule has 10 aromatic carbocycles. The van der Waals surface area contributed by atoms with Gasteiger partial charge in [-0.3, -0.25) is 0 Å². The van der Waals surface area contributed by atoms with E-state index >= 15 is 0 Å². The van der Waals surface area contributed by atoms with Gasteiger partial charge in [-0.05, 0) is 94.7 Å². The topological polar surface area (TPSA) is 13.1 Å². The lowest BCUT2D eigenvalue weighted by atomic mass is 9.83. The van der Waals surface area contributed by atoms with Crippen LogP contribution < -0.4 is 0 Å². The van der Waals surface area contributed by atoms with Crippen LogP contribution in [0.25, 0.3) is 110 Å². The van der Waals surface area contributed by atoms with E-state index in [9.17, 15) is 0 Å². The van der Waals surface area contributed by atoms with Crippen LogP contribution in [-0.2, 0) is 0 Å². The number of para-hydroxylation sites is 1.